The van der Waals surface area contributed by atoms with Crippen LogP contribution in [0.1, 0.15) is 32.4 Å². The number of rotatable bonds is 6. The third kappa shape index (κ3) is 12.5. The largest absolute Gasteiger partial charge is 0.477 e. The number of aromatic nitrogens is 2. The number of anilines is 1. The smallest absolute Gasteiger partial charge is 0.354 e. The van der Waals surface area contributed by atoms with Crippen LogP contribution in [0.3, 0.4) is 0 Å². The summed E-state index contributed by atoms with van der Waals surface area (Å²) < 4.78 is 23.0. The first kappa shape index (κ1) is 33.3. The number of hydrogen-bond donors (Lipinski definition) is 3. The average Bonchev–Trinajstić information content (AvgIpc) is 2.90. The Balaban J connectivity index is 0.00000560. The second-order valence-corrected chi connectivity index (χ2v) is 8.90. The number of hydrogen-bond acceptors (Lipinski definition) is 11. The van der Waals surface area contributed by atoms with Crippen LogP contribution in [-0.4, -0.2) is 121 Å². The predicted octanol–water partition coefficient (Wildman–Crippen LogP) is 1.26. The van der Waals surface area contributed by atoms with Crippen molar-refractivity contribution in [3.63, 3.8) is 0 Å². The normalized spacial score (nSPS) is 17.7. The third-order valence-electron chi connectivity index (χ3n) is 5.87. The van der Waals surface area contributed by atoms with Crippen molar-refractivity contribution in [2.45, 2.75) is 13.1 Å². The highest BCUT2D eigenvalue weighted by Crippen LogP contribution is 2.11. The molecule has 0 unspecified atom stereocenters. The van der Waals surface area contributed by atoms with Crippen LogP contribution in [0.25, 0.3) is 0 Å². The SMILES string of the molecule is Cl.Nc1cc(CN2CCOCCOCCN(Cc3cccc(C(=O)O)n3)CCOCCOCC2)nc(C(=O)O)c1. The summed E-state index contributed by atoms with van der Waals surface area (Å²) in [6.45, 7) is 6.89. The number of carbonyl (C=O) groups is 2. The lowest BCUT2D eigenvalue weighted by Gasteiger charge is -2.23. The van der Waals surface area contributed by atoms with Gasteiger partial charge in [0.25, 0.3) is 0 Å². The van der Waals surface area contributed by atoms with Crippen LogP contribution in [0.15, 0.2) is 30.3 Å². The van der Waals surface area contributed by atoms with Crippen LogP contribution >= 0.6 is 12.4 Å². The molecular formula is C26H38ClN5O8. The van der Waals surface area contributed by atoms with Crippen molar-refractivity contribution in [3.8, 4) is 0 Å². The first-order valence-corrected chi connectivity index (χ1v) is 12.9. The highest BCUT2D eigenvalue weighted by molar-refractivity contribution is 5.86. The van der Waals surface area contributed by atoms with Gasteiger partial charge in [-0.25, -0.2) is 19.6 Å². The maximum absolute atomic E-state index is 11.3. The van der Waals surface area contributed by atoms with E-state index in [0.29, 0.717) is 109 Å². The number of pyridine rings is 2. The summed E-state index contributed by atoms with van der Waals surface area (Å²) in [6.07, 6.45) is 0. The molecule has 0 saturated carbocycles. The topological polar surface area (TPSA) is 170 Å². The van der Waals surface area contributed by atoms with Crippen molar-refractivity contribution in [2.75, 3.05) is 84.8 Å². The quantitative estimate of drug-likeness (QED) is 0.444. The zero-order chi connectivity index (χ0) is 27.9. The molecule has 4 N–H and O–H groups in total. The van der Waals surface area contributed by atoms with E-state index in [1.54, 1.807) is 18.2 Å². The number of ether oxygens (including phenoxy) is 4. The summed E-state index contributed by atoms with van der Waals surface area (Å²) in [5.74, 6) is -2.18. The maximum atomic E-state index is 11.3. The zero-order valence-electron chi connectivity index (χ0n) is 22.4. The molecule has 0 spiro atoms. The molecule has 0 aliphatic carbocycles. The van der Waals surface area contributed by atoms with E-state index in [4.69, 9.17) is 24.7 Å². The minimum Gasteiger partial charge on any atom is -0.477 e. The van der Waals surface area contributed by atoms with Gasteiger partial charge in [0.15, 0.2) is 5.69 Å². The Morgan fingerprint density at radius 1 is 0.700 bits per heavy atom. The molecule has 13 nitrogen and oxygen atoms in total. The van der Waals surface area contributed by atoms with Gasteiger partial charge in [-0.05, 0) is 24.3 Å². The number of halogens is 1. The number of nitrogens with zero attached hydrogens (tertiary/aromatic N) is 4. The van der Waals surface area contributed by atoms with E-state index in [0.717, 1.165) is 0 Å². The first-order chi connectivity index (χ1) is 18.9. The molecular weight excluding hydrogens is 546 g/mol. The highest BCUT2D eigenvalue weighted by atomic mass is 35.5. The van der Waals surface area contributed by atoms with Gasteiger partial charge >= 0.3 is 11.9 Å². The molecule has 1 saturated heterocycles. The lowest BCUT2D eigenvalue weighted by molar-refractivity contribution is 0.00597. The van der Waals surface area contributed by atoms with Crippen molar-refractivity contribution in [1.29, 1.82) is 0 Å². The Morgan fingerprint density at radius 2 is 1.15 bits per heavy atom. The van der Waals surface area contributed by atoms with Crippen molar-refractivity contribution in [3.05, 3.63) is 53.1 Å². The summed E-state index contributed by atoms with van der Waals surface area (Å²) in [7, 11) is 0. The molecule has 0 radical (unpaired) electrons. The van der Waals surface area contributed by atoms with Crippen LogP contribution in [-0.2, 0) is 32.0 Å². The lowest BCUT2D eigenvalue weighted by atomic mass is 10.2. The van der Waals surface area contributed by atoms with Gasteiger partial charge in [-0.15, -0.1) is 12.4 Å². The van der Waals surface area contributed by atoms with Crippen molar-refractivity contribution in [1.82, 2.24) is 19.8 Å². The molecule has 40 heavy (non-hydrogen) atoms. The first-order valence-electron chi connectivity index (χ1n) is 12.9. The van der Waals surface area contributed by atoms with E-state index in [1.807, 2.05) is 0 Å². The highest BCUT2D eigenvalue weighted by Gasteiger charge is 2.13. The van der Waals surface area contributed by atoms with Gasteiger partial charge in [0.1, 0.15) is 5.69 Å². The Kier molecular flexibility index (Phi) is 15.4. The van der Waals surface area contributed by atoms with Gasteiger partial charge < -0.3 is 34.9 Å². The van der Waals surface area contributed by atoms with Crippen LogP contribution in [0.4, 0.5) is 5.69 Å². The Hall–Kier alpha value is -2.91. The van der Waals surface area contributed by atoms with Crippen LogP contribution in [0.2, 0.25) is 0 Å². The second kappa shape index (κ2) is 18.4. The minimum atomic E-state index is -1.12. The van der Waals surface area contributed by atoms with Gasteiger partial charge in [-0.2, -0.15) is 0 Å². The molecule has 0 aromatic carbocycles. The Bertz CT molecular complexity index is 1040. The van der Waals surface area contributed by atoms with E-state index in [-0.39, 0.29) is 23.8 Å². The second-order valence-electron chi connectivity index (χ2n) is 8.90. The Labute approximate surface area is 239 Å². The molecule has 1 fully saturated rings. The summed E-state index contributed by atoms with van der Waals surface area (Å²) in [4.78, 5) is 35.1. The minimum absolute atomic E-state index is 0. The molecule has 1 aliphatic heterocycles. The van der Waals surface area contributed by atoms with E-state index in [9.17, 15) is 19.8 Å². The standard InChI is InChI=1S/C26H37N5O8.ClH/c27-20-16-22(29-24(17-20)26(34)35)19-31-6-10-38-14-12-36-8-4-30(5-9-37-13-15-39-11-7-31)18-21-2-1-3-23(28-21)25(32)33;/h1-3,16-17H,4-15,18-19H2,(H2,27,29)(H,32,33)(H,34,35);1H. The van der Waals surface area contributed by atoms with Crippen LogP contribution in [0, 0.1) is 0 Å². The zero-order valence-corrected chi connectivity index (χ0v) is 23.2. The number of carboxylic acid groups (broad SMARTS) is 2. The van der Waals surface area contributed by atoms with Gasteiger partial charge in [0, 0.05) is 45.0 Å². The summed E-state index contributed by atoms with van der Waals surface area (Å²) in [6, 6.07) is 7.97. The molecule has 222 valence electrons. The van der Waals surface area contributed by atoms with E-state index in [1.165, 1.54) is 12.1 Å². The number of aromatic carboxylic acids is 2. The molecule has 0 amide bonds. The number of carboxylic acids is 2. The van der Waals surface area contributed by atoms with Gasteiger partial charge in [0.05, 0.1) is 64.2 Å². The molecule has 1 aliphatic rings. The molecule has 2 aromatic heterocycles. The van der Waals surface area contributed by atoms with Crippen LogP contribution in [0.5, 0.6) is 0 Å². The summed E-state index contributed by atoms with van der Waals surface area (Å²) >= 11 is 0. The molecule has 14 heteroatoms. The van der Waals surface area contributed by atoms with Crippen molar-refractivity contribution in [2.24, 2.45) is 0 Å². The van der Waals surface area contributed by atoms with Gasteiger partial charge in [-0.1, -0.05) is 6.07 Å². The monoisotopic (exact) mass is 583 g/mol. The van der Waals surface area contributed by atoms with E-state index >= 15 is 0 Å². The molecule has 3 heterocycles. The van der Waals surface area contributed by atoms with Gasteiger partial charge in [-0.3, -0.25) is 9.80 Å². The lowest BCUT2D eigenvalue weighted by Crippen LogP contribution is -2.33. The fourth-order valence-electron chi connectivity index (χ4n) is 3.91. The molecule has 0 atom stereocenters. The van der Waals surface area contributed by atoms with Crippen LogP contribution < -0.4 is 5.73 Å². The molecule has 3 rings (SSSR count). The fourth-order valence-corrected chi connectivity index (χ4v) is 3.91. The van der Waals surface area contributed by atoms with Crippen molar-refractivity contribution >= 4 is 30.0 Å². The van der Waals surface area contributed by atoms with E-state index < -0.39 is 11.9 Å². The summed E-state index contributed by atoms with van der Waals surface area (Å²) in [5, 5.41) is 18.5. The third-order valence-corrected chi connectivity index (χ3v) is 5.87. The molecule has 2 aromatic rings. The molecule has 0 bridgehead atoms. The fraction of sp³-hybridized carbons (Fsp3) is 0.538. The summed E-state index contributed by atoms with van der Waals surface area (Å²) in [5.41, 5.74) is 7.38. The average molecular weight is 584 g/mol. The van der Waals surface area contributed by atoms with Gasteiger partial charge in [0.2, 0.25) is 0 Å². The maximum Gasteiger partial charge on any atom is 0.354 e. The Morgan fingerprint density at radius 3 is 1.62 bits per heavy atom. The number of nitrogens with two attached hydrogens (primary N) is 1. The van der Waals surface area contributed by atoms with Crippen molar-refractivity contribution < 1.29 is 38.7 Å². The van der Waals surface area contributed by atoms with E-state index in [2.05, 4.69) is 19.8 Å². The number of nitrogen functional groups attached to an aromatic ring is 1. The predicted molar refractivity (Wildman–Crippen MR) is 148 cm³/mol.